The second-order valence-corrected chi connectivity index (χ2v) is 4.21. The predicted octanol–water partition coefficient (Wildman–Crippen LogP) is 2.48. The molecule has 0 atom stereocenters. The lowest BCUT2D eigenvalue weighted by Gasteiger charge is -2.02. The number of aromatic nitrogens is 4. The van der Waals surface area contributed by atoms with Gasteiger partial charge in [0, 0.05) is 19.4 Å². The van der Waals surface area contributed by atoms with Gasteiger partial charge < -0.3 is 4.57 Å². The summed E-state index contributed by atoms with van der Waals surface area (Å²) >= 11 is 0. The number of hydrogen-bond donors (Lipinski definition) is 0. The molecule has 18 heavy (non-hydrogen) atoms. The number of pyridine rings is 2. The highest BCUT2D eigenvalue weighted by Gasteiger charge is 2.14. The molecule has 0 aliphatic heterocycles. The van der Waals surface area contributed by atoms with E-state index in [0.717, 1.165) is 16.7 Å². The van der Waals surface area contributed by atoms with Crippen LogP contribution in [0.2, 0.25) is 0 Å². The fourth-order valence-corrected chi connectivity index (χ4v) is 1.97. The van der Waals surface area contributed by atoms with Gasteiger partial charge in [-0.2, -0.15) is 0 Å². The van der Waals surface area contributed by atoms with E-state index in [-0.39, 0.29) is 5.82 Å². The quantitative estimate of drug-likeness (QED) is 0.658. The molecule has 3 aromatic heterocycles. The van der Waals surface area contributed by atoms with Gasteiger partial charge in [0.05, 0.1) is 11.8 Å². The maximum atomic E-state index is 13.7. The Hall–Kier alpha value is -2.30. The van der Waals surface area contributed by atoms with E-state index in [0.29, 0.717) is 11.4 Å². The van der Waals surface area contributed by atoms with Crippen molar-refractivity contribution in [2.75, 3.05) is 0 Å². The summed E-state index contributed by atoms with van der Waals surface area (Å²) in [7, 11) is 1.83. The van der Waals surface area contributed by atoms with Crippen molar-refractivity contribution < 1.29 is 4.39 Å². The highest BCUT2D eigenvalue weighted by Crippen LogP contribution is 2.24. The van der Waals surface area contributed by atoms with Crippen LogP contribution in [0.25, 0.3) is 22.6 Å². The molecule has 0 N–H and O–H groups in total. The molecule has 0 aliphatic carbocycles. The Morgan fingerprint density at radius 3 is 2.89 bits per heavy atom. The zero-order valence-electron chi connectivity index (χ0n) is 10.1. The van der Waals surface area contributed by atoms with Crippen molar-refractivity contribution in [2.45, 2.75) is 6.92 Å². The van der Waals surface area contributed by atoms with Gasteiger partial charge in [-0.1, -0.05) is 0 Å². The van der Waals surface area contributed by atoms with Crippen molar-refractivity contribution in [3.63, 3.8) is 0 Å². The molecule has 0 fully saturated rings. The second kappa shape index (κ2) is 3.87. The minimum absolute atomic E-state index is 0.382. The van der Waals surface area contributed by atoms with Crippen LogP contribution in [0.15, 0.2) is 30.7 Å². The summed E-state index contributed by atoms with van der Waals surface area (Å²) in [6.07, 6.45) is 4.51. The van der Waals surface area contributed by atoms with Crippen molar-refractivity contribution in [3.05, 3.63) is 42.1 Å². The Morgan fingerprint density at radius 1 is 1.28 bits per heavy atom. The van der Waals surface area contributed by atoms with Gasteiger partial charge in [-0.3, -0.25) is 4.98 Å². The number of imidazole rings is 1. The molecule has 4 nitrogen and oxygen atoms in total. The molecular formula is C13H11FN4. The van der Waals surface area contributed by atoms with E-state index in [2.05, 4.69) is 15.0 Å². The van der Waals surface area contributed by atoms with Crippen molar-refractivity contribution >= 4 is 11.2 Å². The van der Waals surface area contributed by atoms with Crippen LogP contribution in [-0.2, 0) is 7.05 Å². The normalized spacial score (nSPS) is 11.1. The third-order valence-corrected chi connectivity index (χ3v) is 2.86. The summed E-state index contributed by atoms with van der Waals surface area (Å²) in [5.41, 5.74) is 2.97. The molecule has 0 radical (unpaired) electrons. The maximum Gasteiger partial charge on any atom is 0.160 e. The molecule has 3 rings (SSSR count). The lowest BCUT2D eigenvalue weighted by Crippen LogP contribution is -1.96. The van der Waals surface area contributed by atoms with Crippen molar-refractivity contribution in [1.29, 1.82) is 0 Å². The second-order valence-electron chi connectivity index (χ2n) is 4.21. The number of rotatable bonds is 1. The smallest absolute Gasteiger partial charge is 0.160 e. The summed E-state index contributed by atoms with van der Waals surface area (Å²) < 4.78 is 15.5. The Bertz CT molecular complexity index is 733. The van der Waals surface area contributed by atoms with Crippen molar-refractivity contribution in [3.8, 4) is 11.4 Å². The first kappa shape index (κ1) is 10.8. The van der Waals surface area contributed by atoms with E-state index in [1.54, 1.807) is 23.0 Å². The SMILES string of the molecule is Cc1cnc2c(c1)nc(-c1ccncc1F)n2C. The van der Waals surface area contributed by atoms with E-state index < -0.39 is 0 Å². The third kappa shape index (κ3) is 1.55. The average molecular weight is 242 g/mol. The van der Waals surface area contributed by atoms with Gasteiger partial charge in [0.15, 0.2) is 11.5 Å². The maximum absolute atomic E-state index is 13.7. The average Bonchev–Trinajstić information content (AvgIpc) is 2.67. The Labute approximate surface area is 103 Å². The van der Waals surface area contributed by atoms with Gasteiger partial charge in [-0.05, 0) is 24.6 Å². The predicted molar refractivity (Wildman–Crippen MR) is 66.4 cm³/mol. The van der Waals surface area contributed by atoms with Crippen LogP contribution < -0.4 is 0 Å². The highest BCUT2D eigenvalue weighted by atomic mass is 19.1. The van der Waals surface area contributed by atoms with Gasteiger partial charge in [0.2, 0.25) is 0 Å². The van der Waals surface area contributed by atoms with Crippen molar-refractivity contribution in [2.24, 2.45) is 7.05 Å². The Morgan fingerprint density at radius 2 is 2.11 bits per heavy atom. The van der Waals surface area contributed by atoms with E-state index in [4.69, 9.17) is 0 Å². The first-order valence-electron chi connectivity index (χ1n) is 5.56. The number of aryl methyl sites for hydroxylation is 2. The molecule has 0 amide bonds. The van der Waals surface area contributed by atoms with Crippen LogP contribution in [0.1, 0.15) is 5.56 Å². The van der Waals surface area contributed by atoms with Gasteiger partial charge >= 0.3 is 0 Å². The zero-order valence-corrected chi connectivity index (χ0v) is 10.1. The topological polar surface area (TPSA) is 43.6 Å². The molecule has 0 aliphatic rings. The zero-order chi connectivity index (χ0) is 12.7. The molecule has 0 saturated carbocycles. The van der Waals surface area contributed by atoms with E-state index in [1.807, 2.05) is 20.0 Å². The minimum atomic E-state index is -0.382. The van der Waals surface area contributed by atoms with Gasteiger partial charge in [0.25, 0.3) is 0 Å². The summed E-state index contributed by atoms with van der Waals surface area (Å²) in [6.45, 7) is 1.95. The van der Waals surface area contributed by atoms with Crippen LogP contribution in [0, 0.1) is 12.7 Å². The van der Waals surface area contributed by atoms with Gasteiger partial charge in [0.1, 0.15) is 11.3 Å². The minimum Gasteiger partial charge on any atom is -0.312 e. The first-order valence-corrected chi connectivity index (χ1v) is 5.56. The van der Waals surface area contributed by atoms with Crippen LogP contribution in [0.4, 0.5) is 4.39 Å². The summed E-state index contributed by atoms with van der Waals surface area (Å²) in [5, 5.41) is 0. The van der Waals surface area contributed by atoms with Gasteiger partial charge in [-0.15, -0.1) is 0 Å². The number of fused-ring (bicyclic) bond motifs is 1. The lowest BCUT2D eigenvalue weighted by molar-refractivity contribution is 0.622. The highest BCUT2D eigenvalue weighted by molar-refractivity contribution is 5.77. The van der Waals surface area contributed by atoms with E-state index >= 15 is 0 Å². The molecule has 90 valence electrons. The molecule has 0 aromatic carbocycles. The van der Waals surface area contributed by atoms with Gasteiger partial charge in [-0.25, -0.2) is 14.4 Å². The van der Waals surface area contributed by atoms with E-state index in [9.17, 15) is 4.39 Å². The van der Waals surface area contributed by atoms with Crippen LogP contribution in [-0.4, -0.2) is 19.5 Å². The van der Waals surface area contributed by atoms with Crippen molar-refractivity contribution in [1.82, 2.24) is 19.5 Å². The molecule has 0 bridgehead atoms. The van der Waals surface area contributed by atoms with Crippen LogP contribution >= 0.6 is 0 Å². The Kier molecular flexibility index (Phi) is 2.33. The fraction of sp³-hybridized carbons (Fsp3) is 0.154. The molecule has 0 saturated heterocycles. The van der Waals surface area contributed by atoms with E-state index in [1.165, 1.54) is 6.20 Å². The molecule has 0 spiro atoms. The lowest BCUT2D eigenvalue weighted by atomic mass is 10.2. The third-order valence-electron chi connectivity index (χ3n) is 2.86. The standard InChI is InChI=1S/C13H11FN4/c1-8-5-11-13(16-6-8)18(2)12(17-11)9-3-4-15-7-10(9)14/h3-7H,1-2H3. The monoisotopic (exact) mass is 242 g/mol. The molecular weight excluding hydrogens is 231 g/mol. The first-order chi connectivity index (χ1) is 8.66. The largest absolute Gasteiger partial charge is 0.312 e. The number of halogens is 1. The number of hydrogen-bond acceptors (Lipinski definition) is 3. The fourth-order valence-electron chi connectivity index (χ4n) is 1.97. The van der Waals surface area contributed by atoms with Crippen LogP contribution in [0.5, 0.6) is 0 Å². The molecule has 5 heteroatoms. The summed E-state index contributed by atoms with van der Waals surface area (Å²) in [5.74, 6) is 0.177. The number of nitrogens with zero attached hydrogens (tertiary/aromatic N) is 4. The van der Waals surface area contributed by atoms with Crippen LogP contribution in [0.3, 0.4) is 0 Å². The molecule has 0 unspecified atom stereocenters. The summed E-state index contributed by atoms with van der Waals surface area (Å²) in [4.78, 5) is 12.5. The molecule has 3 heterocycles. The summed E-state index contributed by atoms with van der Waals surface area (Å²) in [6, 6.07) is 3.55. The Balaban J connectivity index is 2.31. The molecule has 3 aromatic rings.